The lowest BCUT2D eigenvalue weighted by Crippen LogP contribution is -2.30. The van der Waals surface area contributed by atoms with Gasteiger partial charge in [-0.05, 0) is 29.3 Å². The van der Waals surface area contributed by atoms with Crippen molar-refractivity contribution in [3.05, 3.63) is 71.8 Å². The van der Waals surface area contributed by atoms with Crippen LogP contribution in [0.5, 0.6) is 5.75 Å². The summed E-state index contributed by atoms with van der Waals surface area (Å²) in [5, 5.41) is 10.2. The molecular weight excluding hydrogens is 436 g/mol. The van der Waals surface area contributed by atoms with Crippen molar-refractivity contribution >= 4 is 38.5 Å². The highest BCUT2D eigenvalue weighted by molar-refractivity contribution is 7.91. The molecule has 0 aliphatic heterocycles. The first-order chi connectivity index (χ1) is 14.9. The molecule has 3 rings (SSSR count). The highest BCUT2D eigenvalue weighted by Gasteiger charge is 2.28. The Bertz CT molecular complexity index is 1140. The van der Waals surface area contributed by atoms with Crippen molar-refractivity contribution in [1.29, 1.82) is 0 Å². The SMILES string of the molecule is CCN(Cc1ccc(OC)cc1)S(=O)(=O)c1nnc(NC(=O)/C=C/c2ccccc2)s1. The van der Waals surface area contributed by atoms with E-state index in [1.165, 1.54) is 10.4 Å². The van der Waals surface area contributed by atoms with E-state index in [2.05, 4.69) is 15.5 Å². The van der Waals surface area contributed by atoms with E-state index in [-0.39, 0.29) is 22.6 Å². The molecule has 0 radical (unpaired) electrons. The largest absolute Gasteiger partial charge is 0.497 e. The molecule has 0 unspecified atom stereocenters. The van der Waals surface area contributed by atoms with Crippen molar-refractivity contribution in [3.63, 3.8) is 0 Å². The first-order valence-corrected chi connectivity index (χ1v) is 11.7. The van der Waals surface area contributed by atoms with Gasteiger partial charge in [-0.1, -0.05) is 60.7 Å². The van der Waals surface area contributed by atoms with Crippen molar-refractivity contribution in [3.8, 4) is 5.75 Å². The van der Waals surface area contributed by atoms with Crippen LogP contribution in [0.2, 0.25) is 0 Å². The normalized spacial score (nSPS) is 11.7. The average Bonchev–Trinajstić information content (AvgIpc) is 3.26. The maximum Gasteiger partial charge on any atom is 0.272 e. The molecule has 3 aromatic rings. The fraction of sp³-hybridized carbons (Fsp3) is 0.190. The number of benzene rings is 2. The van der Waals surface area contributed by atoms with Gasteiger partial charge in [0.2, 0.25) is 15.4 Å². The Morgan fingerprint density at radius 2 is 1.84 bits per heavy atom. The third kappa shape index (κ3) is 5.97. The fourth-order valence-corrected chi connectivity index (χ4v) is 5.14. The molecule has 1 amide bonds. The first kappa shape index (κ1) is 22.6. The van der Waals surface area contributed by atoms with Gasteiger partial charge in [0.05, 0.1) is 7.11 Å². The molecule has 31 heavy (non-hydrogen) atoms. The van der Waals surface area contributed by atoms with E-state index >= 15 is 0 Å². The lowest BCUT2D eigenvalue weighted by Gasteiger charge is -2.18. The third-order valence-corrected chi connectivity index (χ3v) is 7.40. The van der Waals surface area contributed by atoms with Gasteiger partial charge >= 0.3 is 0 Å². The van der Waals surface area contributed by atoms with Gasteiger partial charge < -0.3 is 4.74 Å². The van der Waals surface area contributed by atoms with Gasteiger partial charge in [-0.2, -0.15) is 4.31 Å². The van der Waals surface area contributed by atoms with E-state index in [4.69, 9.17) is 4.74 Å². The van der Waals surface area contributed by atoms with E-state index < -0.39 is 15.9 Å². The van der Waals surface area contributed by atoms with Crippen molar-refractivity contribution in [2.24, 2.45) is 0 Å². The summed E-state index contributed by atoms with van der Waals surface area (Å²) in [6, 6.07) is 16.5. The molecule has 0 aliphatic carbocycles. The number of aromatic nitrogens is 2. The van der Waals surface area contributed by atoms with Crippen molar-refractivity contribution < 1.29 is 17.9 Å². The van der Waals surface area contributed by atoms with E-state index in [1.54, 1.807) is 32.2 Å². The Hall–Kier alpha value is -3.08. The van der Waals surface area contributed by atoms with Gasteiger partial charge in [0, 0.05) is 19.2 Å². The van der Waals surface area contributed by atoms with E-state index in [0.717, 1.165) is 22.5 Å². The summed E-state index contributed by atoms with van der Waals surface area (Å²) in [5.41, 5.74) is 1.69. The van der Waals surface area contributed by atoms with Gasteiger partial charge in [-0.3, -0.25) is 10.1 Å². The smallest absolute Gasteiger partial charge is 0.272 e. The van der Waals surface area contributed by atoms with E-state index in [1.807, 2.05) is 42.5 Å². The Morgan fingerprint density at radius 1 is 1.13 bits per heavy atom. The second kappa shape index (κ2) is 10.3. The maximum absolute atomic E-state index is 13.0. The van der Waals surface area contributed by atoms with E-state index in [9.17, 15) is 13.2 Å². The number of nitrogens with one attached hydrogen (secondary N) is 1. The Morgan fingerprint density at radius 3 is 2.48 bits per heavy atom. The van der Waals surface area contributed by atoms with Gasteiger partial charge in [0.25, 0.3) is 10.0 Å². The average molecular weight is 459 g/mol. The number of carbonyl (C=O) groups is 1. The second-order valence-electron chi connectivity index (χ2n) is 6.39. The summed E-state index contributed by atoms with van der Waals surface area (Å²) < 4.78 is 32.2. The van der Waals surface area contributed by atoms with Crippen LogP contribution in [-0.4, -0.2) is 42.5 Å². The van der Waals surface area contributed by atoms with Crippen LogP contribution in [0.4, 0.5) is 5.13 Å². The third-order valence-electron chi connectivity index (χ3n) is 4.29. The lowest BCUT2D eigenvalue weighted by atomic mass is 10.2. The zero-order valence-corrected chi connectivity index (χ0v) is 18.7. The molecular formula is C21H22N4O4S2. The Labute approximate surface area is 185 Å². The van der Waals surface area contributed by atoms with Crippen LogP contribution < -0.4 is 10.1 Å². The molecule has 0 saturated carbocycles. The number of hydrogen-bond acceptors (Lipinski definition) is 7. The molecule has 1 aromatic heterocycles. The first-order valence-electron chi connectivity index (χ1n) is 9.43. The maximum atomic E-state index is 13.0. The van der Waals surface area contributed by atoms with Gasteiger partial charge in [-0.15, -0.1) is 10.2 Å². The summed E-state index contributed by atoms with van der Waals surface area (Å²) in [4.78, 5) is 12.1. The summed E-state index contributed by atoms with van der Waals surface area (Å²) in [6.45, 7) is 2.19. The zero-order chi connectivity index (χ0) is 22.3. The molecule has 0 atom stereocenters. The van der Waals surface area contributed by atoms with E-state index in [0.29, 0.717) is 5.75 Å². The summed E-state index contributed by atoms with van der Waals surface area (Å²) in [5.74, 6) is 0.273. The van der Waals surface area contributed by atoms with Crippen LogP contribution in [0, 0.1) is 0 Å². The Kier molecular flexibility index (Phi) is 7.50. The molecule has 0 spiro atoms. The van der Waals surface area contributed by atoms with Gasteiger partial charge in [0.1, 0.15) is 5.75 Å². The second-order valence-corrected chi connectivity index (χ2v) is 9.47. The summed E-state index contributed by atoms with van der Waals surface area (Å²) in [6.07, 6.45) is 3.01. The van der Waals surface area contributed by atoms with Gasteiger partial charge in [0.15, 0.2) is 0 Å². The van der Waals surface area contributed by atoms with Gasteiger partial charge in [-0.25, -0.2) is 8.42 Å². The molecule has 1 heterocycles. The number of ether oxygens (including phenoxy) is 1. The van der Waals surface area contributed by atoms with Crippen LogP contribution in [0.1, 0.15) is 18.1 Å². The Balaban J connectivity index is 1.68. The number of nitrogens with zero attached hydrogens (tertiary/aromatic N) is 3. The molecule has 162 valence electrons. The number of amides is 1. The van der Waals surface area contributed by atoms with Crippen molar-refractivity contribution in [2.75, 3.05) is 19.0 Å². The molecule has 1 N–H and O–H groups in total. The minimum absolute atomic E-state index is 0.113. The van der Waals surface area contributed by atoms with Crippen LogP contribution >= 0.6 is 11.3 Å². The topological polar surface area (TPSA) is 101 Å². The fourth-order valence-electron chi connectivity index (χ4n) is 2.66. The van der Waals surface area contributed by atoms with Crippen LogP contribution in [0.15, 0.2) is 65.0 Å². The minimum Gasteiger partial charge on any atom is -0.497 e. The summed E-state index contributed by atoms with van der Waals surface area (Å²) >= 11 is 0.812. The predicted octanol–water partition coefficient (Wildman–Crippen LogP) is 3.41. The highest BCUT2D eigenvalue weighted by Crippen LogP contribution is 2.25. The lowest BCUT2D eigenvalue weighted by molar-refractivity contribution is -0.111. The molecule has 8 nitrogen and oxygen atoms in total. The monoisotopic (exact) mass is 458 g/mol. The van der Waals surface area contributed by atoms with Crippen LogP contribution in [0.3, 0.4) is 0 Å². The molecule has 2 aromatic carbocycles. The number of anilines is 1. The summed E-state index contributed by atoms with van der Waals surface area (Å²) in [7, 11) is -2.29. The molecule has 0 saturated heterocycles. The number of sulfonamides is 1. The number of rotatable bonds is 9. The standard InChI is InChI=1S/C21H22N4O4S2/c1-3-25(15-17-9-12-18(29-2)13-10-17)31(27,28)21-24-23-20(30-21)22-19(26)14-11-16-7-5-4-6-8-16/h4-14H,3,15H2,1-2H3,(H,22,23,26)/b14-11+. The number of carbonyl (C=O) groups excluding carboxylic acids is 1. The van der Waals surface area contributed by atoms with Crippen molar-refractivity contribution in [1.82, 2.24) is 14.5 Å². The quantitative estimate of drug-likeness (QED) is 0.389. The number of hydrogen-bond donors (Lipinski definition) is 1. The molecule has 10 heteroatoms. The number of methoxy groups -OCH3 is 1. The van der Waals surface area contributed by atoms with Crippen LogP contribution in [0.25, 0.3) is 6.08 Å². The molecule has 0 aliphatic rings. The minimum atomic E-state index is -3.86. The predicted molar refractivity (Wildman–Crippen MR) is 120 cm³/mol. The van der Waals surface area contributed by atoms with Crippen molar-refractivity contribution in [2.45, 2.75) is 17.8 Å². The van der Waals surface area contributed by atoms with Crippen LogP contribution in [-0.2, 0) is 21.4 Å². The molecule has 0 fully saturated rings. The highest BCUT2D eigenvalue weighted by atomic mass is 32.2. The zero-order valence-electron chi connectivity index (χ0n) is 17.1. The molecule has 0 bridgehead atoms.